The van der Waals surface area contributed by atoms with Crippen LogP contribution in [0.5, 0.6) is 0 Å². The Morgan fingerprint density at radius 3 is 2.33 bits per heavy atom. The predicted molar refractivity (Wildman–Crippen MR) is 136 cm³/mol. The molecule has 5 nitrogen and oxygen atoms in total. The summed E-state index contributed by atoms with van der Waals surface area (Å²) in [5.41, 5.74) is 4.21. The highest BCUT2D eigenvalue weighted by Crippen LogP contribution is 2.42. The van der Waals surface area contributed by atoms with E-state index >= 15 is 0 Å². The zero-order valence-electron chi connectivity index (χ0n) is 19.8. The molecule has 7 heteroatoms. The van der Waals surface area contributed by atoms with Crippen LogP contribution in [0.1, 0.15) is 53.0 Å². The molecule has 0 radical (unpaired) electrons. The number of nitrogens with one attached hydrogen (secondary N) is 3. The maximum absolute atomic E-state index is 6.86. The van der Waals surface area contributed by atoms with Crippen LogP contribution in [0.4, 0.5) is 0 Å². The van der Waals surface area contributed by atoms with E-state index < -0.39 is 10.4 Å². The van der Waals surface area contributed by atoms with E-state index in [0.29, 0.717) is 12.6 Å². The Balaban J connectivity index is 3.43. The van der Waals surface area contributed by atoms with Gasteiger partial charge in [-0.3, -0.25) is 9.86 Å². The second-order valence-electron chi connectivity index (χ2n) is 8.16. The molecule has 2 unspecified atom stereocenters. The number of allylic oxidation sites excluding steroid dienone is 1. The number of rotatable bonds is 13. The van der Waals surface area contributed by atoms with Crippen molar-refractivity contribution in [2.24, 2.45) is 5.14 Å². The van der Waals surface area contributed by atoms with Gasteiger partial charge in [-0.1, -0.05) is 43.7 Å². The lowest BCUT2D eigenvalue weighted by Crippen LogP contribution is -2.47. The first-order chi connectivity index (χ1) is 14.0. The minimum atomic E-state index is -1.61. The number of likely N-dealkylation sites (N-methyl/N-ethyl adjacent to an activating group) is 1. The van der Waals surface area contributed by atoms with Gasteiger partial charge in [0.2, 0.25) is 0 Å². The van der Waals surface area contributed by atoms with Crippen molar-refractivity contribution in [3.05, 3.63) is 58.5 Å². The average Bonchev–Trinajstić information content (AvgIpc) is 2.67. The van der Waals surface area contributed by atoms with E-state index in [2.05, 4.69) is 79.8 Å². The monoisotopic (exact) mass is 455 g/mol. The zero-order valence-corrected chi connectivity index (χ0v) is 21.4. The highest BCUT2D eigenvalue weighted by atomic mass is 35.5. The first-order valence-electron chi connectivity index (χ1n) is 10.7. The van der Waals surface area contributed by atoms with Gasteiger partial charge in [-0.2, -0.15) is 0 Å². The second kappa shape index (κ2) is 12.5. The molecule has 0 aromatic heterocycles. The number of unbranched alkanes of at least 4 members (excludes halogenated alkanes) is 1. The Morgan fingerprint density at radius 1 is 1.23 bits per heavy atom. The van der Waals surface area contributed by atoms with E-state index in [-0.39, 0.29) is 5.37 Å². The van der Waals surface area contributed by atoms with Gasteiger partial charge >= 0.3 is 0 Å². The highest BCUT2D eigenvalue weighted by molar-refractivity contribution is 8.30. The minimum absolute atomic E-state index is 0.0682. The van der Waals surface area contributed by atoms with Gasteiger partial charge in [0, 0.05) is 36.9 Å². The van der Waals surface area contributed by atoms with E-state index in [1.54, 1.807) is 0 Å². The molecule has 0 aliphatic heterocycles. The van der Waals surface area contributed by atoms with Crippen LogP contribution in [0.3, 0.4) is 0 Å². The van der Waals surface area contributed by atoms with E-state index in [0.717, 1.165) is 41.5 Å². The Hall–Kier alpha value is -1.34. The van der Waals surface area contributed by atoms with Gasteiger partial charge < -0.3 is 15.5 Å². The molecule has 0 spiro atoms. The Morgan fingerprint density at radius 2 is 1.83 bits per heavy atom. The van der Waals surface area contributed by atoms with Crippen molar-refractivity contribution >= 4 is 22.0 Å². The molecule has 0 heterocycles. The summed E-state index contributed by atoms with van der Waals surface area (Å²) in [5, 5.41) is 14.5. The quantitative estimate of drug-likeness (QED) is 0.247. The third kappa shape index (κ3) is 8.06. The van der Waals surface area contributed by atoms with Gasteiger partial charge in [0.15, 0.2) is 0 Å². The van der Waals surface area contributed by atoms with Crippen molar-refractivity contribution in [2.45, 2.75) is 65.4 Å². The number of nitrogens with two attached hydrogens (primary N) is 1. The topological polar surface area (TPSA) is 65.3 Å². The Labute approximate surface area is 191 Å². The van der Waals surface area contributed by atoms with Crippen LogP contribution in [0, 0.1) is 0 Å². The molecule has 0 saturated carbocycles. The van der Waals surface area contributed by atoms with Crippen LogP contribution in [0.25, 0.3) is 0 Å². The fraction of sp³-hybridized carbons (Fsp3) is 0.565. The smallest absolute Gasteiger partial charge is 0.0799 e. The SMILES string of the molecule is C=C(NC)/C(=C(/C)NCCCC)N(Cc1ccc(Cl)cc1)C(C)S(C)(N)NC(C)C. The van der Waals surface area contributed by atoms with Gasteiger partial charge in [-0.05, 0) is 58.1 Å². The van der Waals surface area contributed by atoms with Crippen molar-refractivity contribution in [2.75, 3.05) is 19.8 Å². The average molecular weight is 456 g/mol. The van der Waals surface area contributed by atoms with Crippen LogP contribution in [0.2, 0.25) is 5.02 Å². The maximum Gasteiger partial charge on any atom is 0.0799 e. The molecule has 0 fully saturated rings. The Bertz CT molecular complexity index is 700. The van der Waals surface area contributed by atoms with E-state index in [1.165, 1.54) is 5.56 Å². The van der Waals surface area contributed by atoms with Crippen LogP contribution in [0.15, 0.2) is 47.9 Å². The molecule has 1 rings (SSSR count). The molecule has 0 aliphatic carbocycles. The van der Waals surface area contributed by atoms with Crippen molar-refractivity contribution in [1.29, 1.82) is 0 Å². The van der Waals surface area contributed by atoms with Crippen LogP contribution in [-0.4, -0.2) is 36.2 Å². The molecule has 2 atom stereocenters. The summed E-state index contributed by atoms with van der Waals surface area (Å²) >= 11 is 6.11. The standard InChI is InChI=1S/C23H42ClN5S/c1-9-10-15-27-19(5)23(18(4)26-7)29(16-21-11-13-22(24)14-12-21)20(6)30(8,25)28-17(2)3/h11-14,17,20,26-28H,4,9-10,15-16,25H2,1-3,5-8H3/b23-19+. The third-order valence-corrected chi connectivity index (χ3v) is 7.96. The fourth-order valence-corrected chi connectivity index (χ4v) is 5.36. The summed E-state index contributed by atoms with van der Waals surface area (Å²) in [6.45, 7) is 16.7. The number of benzene rings is 1. The lowest BCUT2D eigenvalue weighted by Gasteiger charge is -2.47. The molecular weight excluding hydrogens is 414 g/mol. The van der Waals surface area contributed by atoms with Crippen molar-refractivity contribution in [3.63, 3.8) is 0 Å². The summed E-state index contributed by atoms with van der Waals surface area (Å²) in [5.74, 6) is 0. The molecule has 172 valence electrons. The third-order valence-electron chi connectivity index (χ3n) is 5.05. The lowest BCUT2D eigenvalue weighted by atomic mass is 10.1. The number of hydrogen-bond donors (Lipinski definition) is 4. The first kappa shape index (κ1) is 26.7. The predicted octanol–water partition coefficient (Wildman–Crippen LogP) is 5.06. The fourth-order valence-electron chi connectivity index (χ4n) is 3.32. The van der Waals surface area contributed by atoms with Gasteiger partial charge in [0.1, 0.15) is 0 Å². The summed E-state index contributed by atoms with van der Waals surface area (Å²) < 4.78 is 3.60. The molecule has 0 saturated heterocycles. The molecule has 0 aliphatic rings. The largest absolute Gasteiger partial charge is 0.387 e. The first-order valence-corrected chi connectivity index (χ1v) is 13.2. The van der Waals surface area contributed by atoms with E-state index in [1.807, 2.05) is 19.2 Å². The van der Waals surface area contributed by atoms with Gasteiger partial charge in [0.25, 0.3) is 0 Å². The number of halogens is 1. The van der Waals surface area contributed by atoms with Crippen molar-refractivity contribution in [3.8, 4) is 0 Å². The number of hydrogen-bond acceptors (Lipinski definition) is 5. The molecule has 30 heavy (non-hydrogen) atoms. The Kier molecular flexibility index (Phi) is 11.1. The zero-order chi connectivity index (χ0) is 22.9. The normalized spacial score (nSPS) is 16.3. The second-order valence-corrected chi connectivity index (χ2v) is 11.6. The molecule has 5 N–H and O–H groups in total. The summed E-state index contributed by atoms with van der Waals surface area (Å²) in [7, 11) is 0.297. The van der Waals surface area contributed by atoms with Gasteiger partial charge in [0.05, 0.1) is 16.8 Å². The molecule has 0 amide bonds. The summed E-state index contributed by atoms with van der Waals surface area (Å²) in [4.78, 5) is 2.36. The lowest BCUT2D eigenvalue weighted by molar-refractivity contribution is 0.321. The number of nitrogens with zero attached hydrogens (tertiary/aromatic N) is 1. The maximum atomic E-state index is 6.86. The highest BCUT2D eigenvalue weighted by Gasteiger charge is 2.31. The van der Waals surface area contributed by atoms with Gasteiger partial charge in [-0.15, -0.1) is 10.4 Å². The van der Waals surface area contributed by atoms with Crippen LogP contribution in [-0.2, 0) is 6.54 Å². The van der Waals surface area contributed by atoms with Crippen LogP contribution >= 0.6 is 22.0 Å². The van der Waals surface area contributed by atoms with E-state index in [4.69, 9.17) is 16.7 Å². The summed E-state index contributed by atoms with van der Waals surface area (Å²) in [6.07, 6.45) is 4.40. The molecular formula is C23H42ClN5S. The van der Waals surface area contributed by atoms with Crippen LogP contribution < -0.4 is 20.5 Å². The van der Waals surface area contributed by atoms with E-state index in [9.17, 15) is 0 Å². The molecule has 1 aromatic rings. The molecule has 0 bridgehead atoms. The minimum Gasteiger partial charge on any atom is -0.387 e. The summed E-state index contributed by atoms with van der Waals surface area (Å²) in [6, 6.07) is 8.31. The molecule has 1 aromatic carbocycles. The van der Waals surface area contributed by atoms with Gasteiger partial charge in [-0.25, -0.2) is 0 Å². The van der Waals surface area contributed by atoms with Crippen molar-refractivity contribution < 1.29 is 0 Å². The van der Waals surface area contributed by atoms with Crippen molar-refractivity contribution in [1.82, 2.24) is 20.3 Å².